The highest BCUT2D eigenvalue weighted by Gasteiger charge is 2.61. The zero-order valence-corrected chi connectivity index (χ0v) is 26.2. The minimum absolute atomic E-state index is 0.0267. The number of nitrogens with one attached hydrogen (secondary N) is 1. The first kappa shape index (κ1) is 27.9. The maximum Gasteiger partial charge on any atom is 0.192 e. The standard InChI is InChI=1S/C35H45NO3Si/c1-24-23-34(37-21-22-38-34)31(25(2)39-40(6,7)33(3,4)5)32(24)36-35(26-15-9-8-10-16-26)29-19-13-11-17-27(29)28-18-12-14-20-30(28)35/h8-20,24-25,31-32,36H,21-23H2,1-7H3/t24-,25+,31+,32+/m0/s1. The Kier molecular flexibility index (Phi) is 6.91. The summed E-state index contributed by atoms with van der Waals surface area (Å²) in [4.78, 5) is 0. The summed E-state index contributed by atoms with van der Waals surface area (Å²) in [6.45, 7) is 17.5. The summed E-state index contributed by atoms with van der Waals surface area (Å²) in [6.07, 6.45) is 0.829. The van der Waals surface area contributed by atoms with E-state index in [0.29, 0.717) is 19.1 Å². The van der Waals surface area contributed by atoms with Gasteiger partial charge in [-0.3, -0.25) is 5.32 Å². The van der Waals surface area contributed by atoms with Crippen LogP contribution in [0.5, 0.6) is 0 Å². The summed E-state index contributed by atoms with van der Waals surface area (Å²) in [5.74, 6) is -0.261. The van der Waals surface area contributed by atoms with Gasteiger partial charge in [0.1, 0.15) is 0 Å². The predicted molar refractivity (Wildman–Crippen MR) is 165 cm³/mol. The van der Waals surface area contributed by atoms with Crippen molar-refractivity contribution in [2.24, 2.45) is 11.8 Å². The largest absolute Gasteiger partial charge is 0.414 e. The summed E-state index contributed by atoms with van der Waals surface area (Å²) in [7, 11) is -2.04. The fourth-order valence-electron chi connectivity index (χ4n) is 7.44. The highest BCUT2D eigenvalue weighted by molar-refractivity contribution is 6.74. The van der Waals surface area contributed by atoms with Crippen LogP contribution in [-0.4, -0.2) is 39.5 Å². The van der Waals surface area contributed by atoms with Crippen LogP contribution in [0.2, 0.25) is 18.1 Å². The normalized spacial score (nSPS) is 25.6. The van der Waals surface area contributed by atoms with Crippen LogP contribution in [0.3, 0.4) is 0 Å². The molecule has 4 atom stereocenters. The van der Waals surface area contributed by atoms with E-state index >= 15 is 0 Å². The zero-order valence-electron chi connectivity index (χ0n) is 25.2. The highest BCUT2D eigenvalue weighted by atomic mass is 28.4. The van der Waals surface area contributed by atoms with Gasteiger partial charge in [-0.2, -0.15) is 0 Å². The molecule has 0 radical (unpaired) electrons. The van der Waals surface area contributed by atoms with Crippen molar-refractivity contribution in [1.29, 1.82) is 0 Å². The monoisotopic (exact) mass is 555 g/mol. The summed E-state index contributed by atoms with van der Waals surface area (Å²) >= 11 is 0. The first-order valence-corrected chi connectivity index (χ1v) is 17.9. The minimum atomic E-state index is -2.04. The Bertz CT molecular complexity index is 1310. The molecule has 0 amide bonds. The minimum Gasteiger partial charge on any atom is -0.414 e. The van der Waals surface area contributed by atoms with Crippen molar-refractivity contribution in [3.05, 3.63) is 95.6 Å². The Labute approximate surface area is 241 Å². The van der Waals surface area contributed by atoms with Gasteiger partial charge in [0.05, 0.1) is 30.8 Å². The van der Waals surface area contributed by atoms with Crippen molar-refractivity contribution < 1.29 is 13.9 Å². The van der Waals surface area contributed by atoms with Gasteiger partial charge in [-0.1, -0.05) is 107 Å². The highest BCUT2D eigenvalue weighted by Crippen LogP contribution is 2.55. The van der Waals surface area contributed by atoms with Gasteiger partial charge in [0.15, 0.2) is 14.1 Å². The van der Waals surface area contributed by atoms with Crippen molar-refractivity contribution in [2.45, 2.75) is 82.6 Å². The lowest BCUT2D eigenvalue weighted by Gasteiger charge is -2.46. The molecule has 2 fully saturated rings. The molecule has 6 rings (SSSR count). The molecule has 1 saturated carbocycles. The van der Waals surface area contributed by atoms with Crippen LogP contribution >= 0.6 is 0 Å². The first-order chi connectivity index (χ1) is 19.0. The van der Waals surface area contributed by atoms with Gasteiger partial charge in [0.2, 0.25) is 0 Å². The SMILES string of the molecule is C[C@H]1CC2(OCCO2)[C@H]([C@@H](C)O[Si](C)(C)C(C)(C)C)[C@@H]1NC1(c2ccccc2)c2ccccc2-c2ccccc21. The van der Waals surface area contributed by atoms with Crippen LogP contribution in [0, 0.1) is 11.8 Å². The first-order valence-electron chi connectivity index (χ1n) is 15.0. The Morgan fingerprint density at radius 2 is 1.38 bits per heavy atom. The van der Waals surface area contributed by atoms with Gasteiger partial charge in [-0.05, 0) is 58.8 Å². The molecule has 1 aliphatic heterocycles. The third-order valence-electron chi connectivity index (χ3n) is 10.2. The number of benzene rings is 3. The molecular weight excluding hydrogens is 510 g/mol. The van der Waals surface area contributed by atoms with Crippen LogP contribution in [0.4, 0.5) is 0 Å². The lowest BCUT2D eigenvalue weighted by molar-refractivity contribution is -0.201. The van der Waals surface area contributed by atoms with Crippen LogP contribution < -0.4 is 5.32 Å². The molecule has 3 aliphatic rings. The number of hydrogen-bond acceptors (Lipinski definition) is 4. The van der Waals surface area contributed by atoms with Crippen molar-refractivity contribution >= 4 is 8.32 Å². The molecule has 5 heteroatoms. The van der Waals surface area contributed by atoms with E-state index in [0.717, 1.165) is 6.42 Å². The van der Waals surface area contributed by atoms with E-state index in [1.54, 1.807) is 0 Å². The fourth-order valence-corrected chi connectivity index (χ4v) is 8.87. The second kappa shape index (κ2) is 9.92. The molecule has 212 valence electrons. The molecular formula is C35H45NO3Si. The van der Waals surface area contributed by atoms with E-state index in [2.05, 4.69) is 132 Å². The Hall–Kier alpha value is -2.28. The van der Waals surface area contributed by atoms with Crippen molar-refractivity contribution in [2.75, 3.05) is 13.2 Å². The fraction of sp³-hybridized carbons (Fsp3) is 0.486. The molecule has 3 aromatic carbocycles. The zero-order chi connectivity index (χ0) is 28.3. The number of fused-ring (bicyclic) bond motifs is 3. The number of rotatable bonds is 6. The summed E-state index contributed by atoms with van der Waals surface area (Å²) in [6, 6.07) is 28.9. The molecule has 1 spiro atoms. The van der Waals surface area contributed by atoms with Crippen LogP contribution in [0.1, 0.15) is 57.7 Å². The molecule has 1 heterocycles. The molecule has 4 nitrogen and oxygen atoms in total. The molecule has 1 saturated heterocycles. The summed E-state index contributed by atoms with van der Waals surface area (Å²) < 4.78 is 20.2. The van der Waals surface area contributed by atoms with E-state index < -0.39 is 19.6 Å². The Balaban J connectivity index is 1.50. The Morgan fingerprint density at radius 3 is 1.93 bits per heavy atom. The van der Waals surface area contributed by atoms with Gasteiger partial charge in [-0.15, -0.1) is 0 Å². The summed E-state index contributed by atoms with van der Waals surface area (Å²) in [5, 5.41) is 4.47. The smallest absolute Gasteiger partial charge is 0.192 e. The molecule has 3 aromatic rings. The van der Waals surface area contributed by atoms with E-state index in [-0.39, 0.29) is 23.1 Å². The number of hydrogen-bond donors (Lipinski definition) is 1. The van der Waals surface area contributed by atoms with Crippen LogP contribution in [0.25, 0.3) is 11.1 Å². The Morgan fingerprint density at radius 1 is 0.850 bits per heavy atom. The molecule has 40 heavy (non-hydrogen) atoms. The van der Waals surface area contributed by atoms with Gasteiger partial charge in [-0.25, -0.2) is 0 Å². The van der Waals surface area contributed by atoms with Gasteiger partial charge < -0.3 is 13.9 Å². The van der Waals surface area contributed by atoms with E-state index in [4.69, 9.17) is 13.9 Å². The maximum atomic E-state index is 7.13. The molecule has 0 bridgehead atoms. The van der Waals surface area contributed by atoms with E-state index in [1.807, 2.05) is 0 Å². The maximum absolute atomic E-state index is 7.13. The van der Waals surface area contributed by atoms with Crippen LogP contribution in [0.15, 0.2) is 78.9 Å². The summed E-state index contributed by atoms with van der Waals surface area (Å²) in [5.41, 5.74) is 5.97. The topological polar surface area (TPSA) is 39.7 Å². The second-order valence-electron chi connectivity index (χ2n) is 13.7. The van der Waals surface area contributed by atoms with Crippen LogP contribution in [-0.2, 0) is 19.4 Å². The average molecular weight is 556 g/mol. The quantitative estimate of drug-likeness (QED) is 0.316. The third kappa shape index (κ3) is 4.24. The number of ether oxygens (including phenoxy) is 2. The molecule has 2 aliphatic carbocycles. The predicted octanol–water partition coefficient (Wildman–Crippen LogP) is 7.73. The van der Waals surface area contributed by atoms with Gasteiger partial charge >= 0.3 is 0 Å². The van der Waals surface area contributed by atoms with E-state index in [9.17, 15) is 0 Å². The third-order valence-corrected chi connectivity index (χ3v) is 14.8. The second-order valence-corrected chi connectivity index (χ2v) is 18.4. The lowest BCUT2D eigenvalue weighted by atomic mass is 9.78. The molecule has 0 aromatic heterocycles. The van der Waals surface area contributed by atoms with Crippen molar-refractivity contribution in [3.8, 4) is 11.1 Å². The lowest BCUT2D eigenvalue weighted by Crippen LogP contribution is -2.58. The molecule has 0 unspecified atom stereocenters. The average Bonchev–Trinajstić information content (AvgIpc) is 3.58. The van der Waals surface area contributed by atoms with Crippen molar-refractivity contribution in [1.82, 2.24) is 5.32 Å². The van der Waals surface area contributed by atoms with Gasteiger partial charge in [0.25, 0.3) is 0 Å². The molecule has 1 N–H and O–H groups in total. The van der Waals surface area contributed by atoms with Gasteiger partial charge in [0, 0.05) is 12.5 Å². The van der Waals surface area contributed by atoms with E-state index in [1.165, 1.54) is 27.8 Å². The van der Waals surface area contributed by atoms with Crippen molar-refractivity contribution in [3.63, 3.8) is 0 Å².